The number of hydrogen-bond donors (Lipinski definition) is 1. The van der Waals surface area contributed by atoms with Crippen molar-refractivity contribution in [3.8, 4) is 0 Å². The number of amides is 3. The predicted molar refractivity (Wildman–Crippen MR) is 138 cm³/mol. The van der Waals surface area contributed by atoms with Crippen LogP contribution in [0.15, 0.2) is 42.5 Å². The van der Waals surface area contributed by atoms with Crippen LogP contribution >= 0.6 is 23.2 Å². The van der Waals surface area contributed by atoms with Crippen molar-refractivity contribution in [1.82, 2.24) is 4.90 Å². The van der Waals surface area contributed by atoms with E-state index in [4.69, 9.17) is 23.2 Å². The van der Waals surface area contributed by atoms with Gasteiger partial charge in [0.15, 0.2) is 0 Å². The minimum atomic E-state index is -0.123. The Kier molecular flexibility index (Phi) is 9.27. The molecule has 1 N–H and O–H groups in total. The van der Waals surface area contributed by atoms with Crippen LogP contribution in [-0.2, 0) is 4.79 Å². The highest BCUT2D eigenvalue weighted by atomic mass is 35.5. The number of nitrogens with zero attached hydrogens (tertiary/aromatic N) is 3. The summed E-state index contributed by atoms with van der Waals surface area (Å²) in [6, 6.07) is 13.0. The fourth-order valence-electron chi connectivity index (χ4n) is 3.96. The Hall–Kier alpha value is -2.44. The number of benzene rings is 2. The third kappa shape index (κ3) is 6.78. The van der Waals surface area contributed by atoms with Gasteiger partial charge < -0.3 is 15.1 Å². The first-order chi connectivity index (χ1) is 15.9. The van der Waals surface area contributed by atoms with Gasteiger partial charge in [0, 0.05) is 51.0 Å². The van der Waals surface area contributed by atoms with Crippen molar-refractivity contribution in [3.63, 3.8) is 0 Å². The van der Waals surface area contributed by atoms with Crippen molar-refractivity contribution >= 4 is 52.2 Å². The molecule has 0 atom stereocenters. The molecule has 2 aromatic rings. The number of halogens is 2. The van der Waals surface area contributed by atoms with Crippen LogP contribution in [0.1, 0.15) is 39.0 Å². The van der Waals surface area contributed by atoms with Crippen molar-refractivity contribution in [2.75, 3.05) is 48.3 Å². The Morgan fingerprint density at radius 1 is 0.939 bits per heavy atom. The van der Waals surface area contributed by atoms with Crippen molar-refractivity contribution in [3.05, 3.63) is 52.5 Å². The van der Waals surface area contributed by atoms with Gasteiger partial charge in [-0.2, -0.15) is 0 Å². The van der Waals surface area contributed by atoms with Crippen LogP contribution < -0.4 is 15.1 Å². The van der Waals surface area contributed by atoms with E-state index in [9.17, 15) is 9.59 Å². The maximum absolute atomic E-state index is 13.0. The Morgan fingerprint density at radius 3 is 2.18 bits per heavy atom. The average Bonchev–Trinajstić information content (AvgIpc) is 2.82. The van der Waals surface area contributed by atoms with Crippen LogP contribution in [0.5, 0.6) is 0 Å². The van der Waals surface area contributed by atoms with E-state index < -0.39 is 0 Å². The number of carbonyl (C=O) groups is 2. The van der Waals surface area contributed by atoms with Gasteiger partial charge >= 0.3 is 6.03 Å². The van der Waals surface area contributed by atoms with Crippen molar-refractivity contribution in [1.29, 1.82) is 0 Å². The Balaban J connectivity index is 1.50. The summed E-state index contributed by atoms with van der Waals surface area (Å²) < 4.78 is 0. The molecule has 3 rings (SSSR count). The van der Waals surface area contributed by atoms with E-state index in [0.29, 0.717) is 35.2 Å². The summed E-state index contributed by atoms with van der Waals surface area (Å²) >= 11 is 12.5. The lowest BCUT2D eigenvalue weighted by molar-refractivity contribution is -0.116. The Bertz CT molecular complexity index is 924. The predicted octanol–water partition coefficient (Wildman–Crippen LogP) is 6.28. The average molecular weight is 491 g/mol. The summed E-state index contributed by atoms with van der Waals surface area (Å²) in [5.41, 5.74) is 2.41. The molecule has 178 valence electrons. The SMILES string of the molecule is CCCCCCC(=O)Nc1ccc(N2CCN(C(=O)N(C)c3c(Cl)cccc3Cl)CC2)cc1. The van der Waals surface area contributed by atoms with Crippen molar-refractivity contribution in [2.45, 2.75) is 39.0 Å². The number of hydrogen-bond acceptors (Lipinski definition) is 3. The number of urea groups is 1. The summed E-state index contributed by atoms with van der Waals surface area (Å²) in [5.74, 6) is 0.0636. The molecule has 8 heteroatoms. The number of nitrogens with one attached hydrogen (secondary N) is 1. The quantitative estimate of drug-likeness (QED) is 0.442. The lowest BCUT2D eigenvalue weighted by atomic mass is 10.1. The number of para-hydroxylation sites is 1. The molecular formula is C25H32Cl2N4O2. The molecule has 0 aliphatic carbocycles. The van der Waals surface area contributed by atoms with Gasteiger partial charge in [0.05, 0.1) is 15.7 Å². The summed E-state index contributed by atoms with van der Waals surface area (Å²) in [6.07, 6.45) is 4.92. The molecule has 6 nitrogen and oxygen atoms in total. The molecule has 0 bridgehead atoms. The van der Waals surface area contributed by atoms with Gasteiger partial charge in [-0.3, -0.25) is 9.69 Å². The summed E-state index contributed by atoms with van der Waals surface area (Å²) in [5, 5.41) is 3.87. The number of rotatable bonds is 8. The van der Waals surface area contributed by atoms with Gasteiger partial charge in [-0.15, -0.1) is 0 Å². The van der Waals surface area contributed by atoms with E-state index in [2.05, 4.69) is 17.1 Å². The smallest absolute Gasteiger partial charge is 0.324 e. The van der Waals surface area contributed by atoms with Crippen molar-refractivity contribution in [2.24, 2.45) is 0 Å². The van der Waals surface area contributed by atoms with E-state index in [0.717, 1.165) is 43.7 Å². The zero-order valence-electron chi connectivity index (χ0n) is 19.3. The molecule has 1 aliphatic rings. The fraction of sp³-hybridized carbons (Fsp3) is 0.440. The van der Waals surface area contributed by atoms with Crippen LogP contribution in [0, 0.1) is 0 Å². The van der Waals surface area contributed by atoms with Crippen LogP contribution in [0.4, 0.5) is 21.9 Å². The minimum absolute atomic E-state index is 0.0636. The van der Waals surface area contributed by atoms with Gasteiger partial charge in [-0.05, 0) is 42.8 Å². The molecule has 1 aliphatic heterocycles. The van der Waals surface area contributed by atoms with Gasteiger partial charge in [0.1, 0.15) is 0 Å². The van der Waals surface area contributed by atoms with E-state index in [1.54, 1.807) is 25.2 Å². The molecule has 1 fully saturated rings. The molecular weight excluding hydrogens is 459 g/mol. The molecule has 1 saturated heterocycles. The molecule has 3 amide bonds. The molecule has 0 unspecified atom stereocenters. The van der Waals surface area contributed by atoms with Crippen LogP contribution in [0.3, 0.4) is 0 Å². The van der Waals surface area contributed by atoms with Gasteiger partial charge in [0.2, 0.25) is 5.91 Å². The van der Waals surface area contributed by atoms with E-state index in [1.807, 2.05) is 29.2 Å². The molecule has 0 spiro atoms. The normalized spacial score (nSPS) is 13.7. The molecule has 2 aromatic carbocycles. The molecule has 1 heterocycles. The van der Waals surface area contributed by atoms with Crippen LogP contribution in [0.2, 0.25) is 10.0 Å². The highest BCUT2D eigenvalue weighted by molar-refractivity contribution is 6.39. The molecule has 0 radical (unpaired) electrons. The maximum atomic E-state index is 13.0. The van der Waals surface area contributed by atoms with Gasteiger partial charge in [0.25, 0.3) is 0 Å². The first-order valence-corrected chi connectivity index (χ1v) is 12.3. The highest BCUT2D eigenvalue weighted by Crippen LogP contribution is 2.33. The second kappa shape index (κ2) is 12.1. The number of carbonyl (C=O) groups excluding carboxylic acids is 2. The van der Waals surface area contributed by atoms with E-state index >= 15 is 0 Å². The third-order valence-electron chi connectivity index (χ3n) is 5.88. The highest BCUT2D eigenvalue weighted by Gasteiger charge is 2.26. The lowest BCUT2D eigenvalue weighted by Gasteiger charge is -2.38. The second-order valence-corrected chi connectivity index (χ2v) is 9.11. The summed E-state index contributed by atoms with van der Waals surface area (Å²) in [7, 11) is 1.69. The monoisotopic (exact) mass is 490 g/mol. The third-order valence-corrected chi connectivity index (χ3v) is 6.49. The number of piperazine rings is 1. The van der Waals surface area contributed by atoms with Crippen LogP contribution in [-0.4, -0.2) is 50.1 Å². The van der Waals surface area contributed by atoms with Crippen LogP contribution in [0.25, 0.3) is 0 Å². The zero-order chi connectivity index (χ0) is 23.8. The maximum Gasteiger partial charge on any atom is 0.324 e. The topological polar surface area (TPSA) is 55.9 Å². The second-order valence-electron chi connectivity index (χ2n) is 8.29. The standard InChI is InChI=1S/C25H32Cl2N4O2/c1-3-4-5-6-10-23(32)28-19-11-13-20(14-12-19)30-15-17-31(18-16-30)25(33)29(2)24-21(26)8-7-9-22(24)27/h7-9,11-14H,3-6,10,15-18H2,1-2H3,(H,28,32). The Morgan fingerprint density at radius 2 is 1.58 bits per heavy atom. The van der Waals surface area contributed by atoms with Crippen molar-refractivity contribution < 1.29 is 9.59 Å². The number of anilines is 3. The summed E-state index contributed by atoms with van der Waals surface area (Å²) in [6.45, 7) is 4.80. The molecule has 0 aromatic heterocycles. The summed E-state index contributed by atoms with van der Waals surface area (Å²) in [4.78, 5) is 30.6. The Labute approximate surface area is 206 Å². The van der Waals surface area contributed by atoms with E-state index in [1.165, 1.54) is 11.3 Å². The van der Waals surface area contributed by atoms with Gasteiger partial charge in [-0.25, -0.2) is 4.79 Å². The zero-order valence-corrected chi connectivity index (χ0v) is 20.8. The first-order valence-electron chi connectivity index (χ1n) is 11.5. The van der Waals surface area contributed by atoms with Gasteiger partial charge in [-0.1, -0.05) is 55.5 Å². The molecule has 0 saturated carbocycles. The minimum Gasteiger partial charge on any atom is -0.368 e. The first kappa shape index (κ1) is 25.2. The molecule has 33 heavy (non-hydrogen) atoms. The van der Waals surface area contributed by atoms with E-state index in [-0.39, 0.29) is 11.9 Å². The fourth-order valence-corrected chi connectivity index (χ4v) is 4.62. The number of unbranched alkanes of at least 4 members (excludes halogenated alkanes) is 3. The lowest BCUT2D eigenvalue weighted by Crippen LogP contribution is -2.52. The largest absolute Gasteiger partial charge is 0.368 e.